The van der Waals surface area contributed by atoms with Crippen molar-refractivity contribution in [2.75, 3.05) is 11.9 Å². The summed E-state index contributed by atoms with van der Waals surface area (Å²) in [5.41, 5.74) is 5.33. The molecule has 0 unspecified atom stereocenters. The number of nitrogens with two attached hydrogens (primary N) is 1. The summed E-state index contributed by atoms with van der Waals surface area (Å²) in [7, 11) is 0. The zero-order valence-electron chi connectivity index (χ0n) is 9.75. The van der Waals surface area contributed by atoms with E-state index in [-0.39, 0.29) is 5.91 Å². The van der Waals surface area contributed by atoms with Gasteiger partial charge in [-0.2, -0.15) is 0 Å². The predicted octanol–water partition coefficient (Wildman–Crippen LogP) is 2.46. The number of halogens is 2. The van der Waals surface area contributed by atoms with E-state index in [4.69, 9.17) is 5.73 Å². The number of anilines is 1. The highest BCUT2D eigenvalue weighted by molar-refractivity contribution is 9.11. The van der Waals surface area contributed by atoms with E-state index in [0.29, 0.717) is 21.6 Å². The minimum absolute atomic E-state index is 0.0557. The third kappa shape index (κ3) is 2.73. The molecule has 2 rings (SSSR count). The quantitative estimate of drug-likeness (QED) is 0.847. The number of carbonyl (C=O) groups excluding carboxylic acids is 1. The summed E-state index contributed by atoms with van der Waals surface area (Å²) in [4.78, 5) is 20.6. The monoisotopic (exact) mass is 376 g/mol. The second-order valence-electron chi connectivity index (χ2n) is 4.48. The standard InChI is InChI=1S/C11H14Br2N4O/c12-7-5-15-9(8(13)16-7)17-10(18)11(6-14)3-1-2-4-11/h5H,1-4,6,14H2,(H,15,17,18). The lowest BCUT2D eigenvalue weighted by molar-refractivity contribution is -0.124. The number of rotatable bonds is 3. The maximum Gasteiger partial charge on any atom is 0.233 e. The highest BCUT2D eigenvalue weighted by Crippen LogP contribution is 2.38. The van der Waals surface area contributed by atoms with E-state index in [1.165, 1.54) is 0 Å². The number of hydrogen-bond acceptors (Lipinski definition) is 4. The Morgan fingerprint density at radius 2 is 2.11 bits per heavy atom. The van der Waals surface area contributed by atoms with E-state index in [1.54, 1.807) is 6.20 Å². The summed E-state index contributed by atoms with van der Waals surface area (Å²) in [6.07, 6.45) is 5.34. The smallest absolute Gasteiger partial charge is 0.233 e. The van der Waals surface area contributed by atoms with Crippen LogP contribution in [0.3, 0.4) is 0 Å². The third-order valence-corrected chi connectivity index (χ3v) is 4.30. The molecule has 1 aliphatic carbocycles. The molecule has 98 valence electrons. The molecule has 3 N–H and O–H groups in total. The molecule has 0 spiro atoms. The predicted molar refractivity (Wildman–Crippen MR) is 76.0 cm³/mol. The first-order chi connectivity index (χ1) is 8.57. The molecule has 7 heteroatoms. The average Bonchev–Trinajstić information content (AvgIpc) is 2.82. The second kappa shape index (κ2) is 5.63. The zero-order valence-corrected chi connectivity index (χ0v) is 12.9. The number of hydrogen-bond donors (Lipinski definition) is 2. The molecule has 1 amide bonds. The molecule has 0 bridgehead atoms. The summed E-state index contributed by atoms with van der Waals surface area (Å²) >= 11 is 6.49. The molecule has 5 nitrogen and oxygen atoms in total. The number of amides is 1. The third-order valence-electron chi connectivity index (χ3n) is 3.37. The first kappa shape index (κ1) is 13.9. The van der Waals surface area contributed by atoms with Crippen molar-refractivity contribution in [1.82, 2.24) is 9.97 Å². The van der Waals surface area contributed by atoms with Crippen molar-refractivity contribution >= 4 is 43.6 Å². The minimum Gasteiger partial charge on any atom is -0.329 e. The highest BCUT2D eigenvalue weighted by atomic mass is 79.9. The molecular formula is C11H14Br2N4O. The van der Waals surface area contributed by atoms with Crippen LogP contribution in [0.15, 0.2) is 15.4 Å². The van der Waals surface area contributed by atoms with Gasteiger partial charge in [0.25, 0.3) is 0 Å². The van der Waals surface area contributed by atoms with Crippen LogP contribution in [0, 0.1) is 5.41 Å². The van der Waals surface area contributed by atoms with Gasteiger partial charge in [-0.05, 0) is 44.7 Å². The van der Waals surface area contributed by atoms with Crippen molar-refractivity contribution in [1.29, 1.82) is 0 Å². The topological polar surface area (TPSA) is 80.9 Å². The Morgan fingerprint density at radius 3 is 2.67 bits per heavy atom. The number of carbonyl (C=O) groups is 1. The Balaban J connectivity index is 2.15. The Morgan fingerprint density at radius 1 is 1.44 bits per heavy atom. The molecule has 0 atom stereocenters. The van der Waals surface area contributed by atoms with Gasteiger partial charge in [0.05, 0.1) is 11.6 Å². The van der Waals surface area contributed by atoms with E-state index in [0.717, 1.165) is 25.7 Å². The van der Waals surface area contributed by atoms with E-state index >= 15 is 0 Å². The second-order valence-corrected chi connectivity index (χ2v) is 6.04. The van der Waals surface area contributed by atoms with Crippen LogP contribution >= 0.6 is 31.9 Å². The maximum absolute atomic E-state index is 12.3. The van der Waals surface area contributed by atoms with Crippen LogP contribution in [0.4, 0.5) is 5.82 Å². The van der Waals surface area contributed by atoms with Crippen LogP contribution in [0.5, 0.6) is 0 Å². The van der Waals surface area contributed by atoms with Gasteiger partial charge >= 0.3 is 0 Å². The van der Waals surface area contributed by atoms with Gasteiger partial charge in [0, 0.05) is 6.54 Å². The Hall–Kier alpha value is -0.530. The van der Waals surface area contributed by atoms with Gasteiger partial charge in [-0.1, -0.05) is 12.8 Å². The van der Waals surface area contributed by atoms with E-state index in [1.807, 2.05) is 0 Å². The fourth-order valence-corrected chi connectivity index (χ4v) is 3.16. The van der Waals surface area contributed by atoms with Gasteiger partial charge in [-0.25, -0.2) is 9.97 Å². The maximum atomic E-state index is 12.3. The molecular weight excluding hydrogens is 364 g/mol. The number of aromatic nitrogens is 2. The van der Waals surface area contributed by atoms with Crippen molar-refractivity contribution in [3.63, 3.8) is 0 Å². The summed E-state index contributed by atoms with van der Waals surface area (Å²) in [5, 5.41) is 2.81. The molecule has 0 aliphatic heterocycles. The first-order valence-corrected chi connectivity index (χ1v) is 7.35. The summed E-state index contributed by atoms with van der Waals surface area (Å²) in [6.45, 7) is 0.375. The minimum atomic E-state index is -0.436. The normalized spacial score (nSPS) is 17.7. The fraction of sp³-hybridized carbons (Fsp3) is 0.545. The SMILES string of the molecule is NCC1(C(=O)Nc2ncc(Br)nc2Br)CCCC1. The number of nitrogens with zero attached hydrogens (tertiary/aromatic N) is 2. The lowest BCUT2D eigenvalue weighted by atomic mass is 9.85. The molecule has 0 saturated heterocycles. The van der Waals surface area contributed by atoms with Gasteiger partial charge in [0.2, 0.25) is 5.91 Å². The first-order valence-electron chi connectivity index (χ1n) is 5.77. The number of nitrogens with one attached hydrogen (secondary N) is 1. The van der Waals surface area contributed by atoms with Gasteiger partial charge in [0.1, 0.15) is 9.21 Å². The Labute approximate surface area is 122 Å². The molecule has 1 fully saturated rings. The Kier molecular flexibility index (Phi) is 4.34. The van der Waals surface area contributed by atoms with Crippen molar-refractivity contribution in [2.24, 2.45) is 11.1 Å². The molecule has 1 heterocycles. The highest BCUT2D eigenvalue weighted by Gasteiger charge is 2.40. The van der Waals surface area contributed by atoms with Gasteiger partial charge in [-0.3, -0.25) is 4.79 Å². The molecule has 1 aromatic rings. The summed E-state index contributed by atoms with van der Waals surface area (Å²) in [5.74, 6) is 0.378. The molecule has 0 radical (unpaired) electrons. The summed E-state index contributed by atoms with van der Waals surface area (Å²) in [6, 6.07) is 0. The van der Waals surface area contributed by atoms with Crippen molar-refractivity contribution in [2.45, 2.75) is 25.7 Å². The van der Waals surface area contributed by atoms with E-state index in [2.05, 4.69) is 47.1 Å². The van der Waals surface area contributed by atoms with Crippen molar-refractivity contribution < 1.29 is 4.79 Å². The van der Waals surface area contributed by atoms with Crippen LogP contribution in [-0.4, -0.2) is 22.4 Å². The largest absolute Gasteiger partial charge is 0.329 e. The Bertz CT molecular complexity index is 460. The molecule has 1 saturated carbocycles. The van der Waals surface area contributed by atoms with Gasteiger partial charge in [0.15, 0.2) is 5.82 Å². The van der Waals surface area contributed by atoms with Crippen LogP contribution in [-0.2, 0) is 4.79 Å². The zero-order chi connectivity index (χ0) is 13.2. The van der Waals surface area contributed by atoms with Crippen LogP contribution in [0.25, 0.3) is 0 Å². The molecule has 1 aliphatic rings. The van der Waals surface area contributed by atoms with Crippen LogP contribution in [0.2, 0.25) is 0 Å². The van der Waals surface area contributed by atoms with E-state index in [9.17, 15) is 4.79 Å². The lowest BCUT2D eigenvalue weighted by Crippen LogP contribution is -2.40. The molecule has 18 heavy (non-hydrogen) atoms. The van der Waals surface area contributed by atoms with Gasteiger partial charge in [-0.15, -0.1) is 0 Å². The lowest BCUT2D eigenvalue weighted by Gasteiger charge is -2.25. The molecule has 0 aromatic carbocycles. The van der Waals surface area contributed by atoms with Crippen LogP contribution in [0.1, 0.15) is 25.7 Å². The fourth-order valence-electron chi connectivity index (χ4n) is 2.25. The van der Waals surface area contributed by atoms with Crippen molar-refractivity contribution in [3.8, 4) is 0 Å². The van der Waals surface area contributed by atoms with Crippen molar-refractivity contribution in [3.05, 3.63) is 15.4 Å². The molecule has 1 aromatic heterocycles. The summed E-state index contributed by atoms with van der Waals surface area (Å²) < 4.78 is 1.12. The average molecular weight is 378 g/mol. The van der Waals surface area contributed by atoms with Crippen LogP contribution < -0.4 is 11.1 Å². The van der Waals surface area contributed by atoms with Gasteiger partial charge < -0.3 is 11.1 Å². The van der Waals surface area contributed by atoms with E-state index < -0.39 is 5.41 Å².